The number of nitrogen functional groups attached to an aromatic ring is 1. The predicted octanol–water partition coefficient (Wildman–Crippen LogP) is 9.41. The Bertz CT molecular complexity index is 2120. The predicted molar refractivity (Wildman–Crippen MR) is 281 cm³/mol. The highest BCUT2D eigenvalue weighted by Crippen LogP contribution is 2.60. The number of hydrogen-bond acceptors (Lipinski definition) is 16. The molecule has 7 N–H and O–H groups in total. The van der Waals surface area contributed by atoms with Crippen LogP contribution < -0.4 is 11.4 Å². The Hall–Kier alpha value is -4.36. The van der Waals surface area contributed by atoms with Gasteiger partial charge in [0, 0.05) is 19.0 Å². The van der Waals surface area contributed by atoms with Gasteiger partial charge in [0.15, 0.2) is 12.3 Å². The number of anilines is 1. The molecule has 21 heteroatoms. The van der Waals surface area contributed by atoms with Crippen LogP contribution in [0.3, 0.4) is 0 Å². The van der Waals surface area contributed by atoms with Crippen LogP contribution >= 0.6 is 15.6 Å². The van der Waals surface area contributed by atoms with Gasteiger partial charge in [-0.2, -0.15) is 9.29 Å². The van der Waals surface area contributed by atoms with Crippen molar-refractivity contribution in [2.45, 2.75) is 173 Å². The lowest BCUT2D eigenvalue weighted by atomic mass is 10.1. The van der Waals surface area contributed by atoms with E-state index in [1.165, 1.54) is 44.6 Å². The molecule has 73 heavy (non-hydrogen) atoms. The number of rotatable bonds is 40. The molecular formula is C52H81N3O16P2. The summed E-state index contributed by atoms with van der Waals surface area (Å²) in [5.74, 6) is -1.49. The standard InChI is InChI=1S/C52H81N3O16P2/c1-3-5-7-9-11-12-13-14-15-16-17-18-19-20-24-28-32-36-47(57)66-40-44(69-48(58)37-33-29-25-22-21-23-27-31-35-43(56)34-30-26-10-8-6-4-2)41-67-72(62,63)71-73(64,65)68-42-45-49(59)50(60)51(70-45)55-39-38-46(53)54-52(55)61/h6,8,14-15,17-18,20,22-27,30-31,35,38-39,43-45,49-51,56,59-60H,3-5,7,9-13,16,19,21,28-29,32-34,36-37,40-42H2,1-2H3,(H,62,63)(H,64,65)(H2,53,54,61)/b8-6-,15-14-,18-17-,24-20-,25-22-,27-23-,30-26-,35-31+/t43?,44-,45-,49-,50-,51-/m1/s1. The minimum Gasteiger partial charge on any atom is -0.462 e. The third-order valence-electron chi connectivity index (χ3n) is 10.7. The van der Waals surface area contributed by atoms with Crippen LogP contribution in [0.5, 0.6) is 0 Å². The van der Waals surface area contributed by atoms with Crippen LogP contribution in [0, 0.1) is 0 Å². The zero-order valence-electron chi connectivity index (χ0n) is 42.5. The molecule has 2 heterocycles. The van der Waals surface area contributed by atoms with Gasteiger partial charge in [0.25, 0.3) is 0 Å². The third-order valence-corrected chi connectivity index (χ3v) is 13.3. The summed E-state index contributed by atoms with van der Waals surface area (Å²) in [5, 5.41) is 31.0. The molecule has 0 aliphatic carbocycles. The molecule has 1 fully saturated rings. The first-order chi connectivity index (χ1) is 35.1. The van der Waals surface area contributed by atoms with Gasteiger partial charge in [0.05, 0.1) is 19.3 Å². The molecule has 1 aliphatic rings. The minimum atomic E-state index is -5.47. The lowest BCUT2D eigenvalue weighted by Gasteiger charge is -2.21. The molecule has 0 radical (unpaired) electrons. The summed E-state index contributed by atoms with van der Waals surface area (Å²) >= 11 is 0. The van der Waals surface area contributed by atoms with Gasteiger partial charge in [-0.1, -0.05) is 143 Å². The number of phosphoric acid groups is 2. The molecule has 1 saturated heterocycles. The molecule has 0 amide bonds. The molecule has 0 spiro atoms. The summed E-state index contributed by atoms with van der Waals surface area (Å²) in [6, 6.07) is 1.24. The normalized spacial score (nSPS) is 20.2. The van der Waals surface area contributed by atoms with E-state index >= 15 is 0 Å². The van der Waals surface area contributed by atoms with Crippen molar-refractivity contribution in [2.75, 3.05) is 25.6 Å². The van der Waals surface area contributed by atoms with E-state index in [2.05, 4.69) is 59.6 Å². The Labute approximate surface area is 431 Å². The van der Waals surface area contributed by atoms with E-state index < -0.39 is 89.8 Å². The van der Waals surface area contributed by atoms with Crippen molar-refractivity contribution >= 4 is 33.4 Å². The van der Waals surface area contributed by atoms with Crippen molar-refractivity contribution in [3.05, 3.63) is 120 Å². The number of phosphoric ester groups is 2. The summed E-state index contributed by atoms with van der Waals surface area (Å²) in [7, 11) is -10.9. The number of aliphatic hydroxyl groups is 3. The number of esters is 2. The fourth-order valence-corrected chi connectivity index (χ4v) is 8.91. The van der Waals surface area contributed by atoms with Crippen molar-refractivity contribution in [1.82, 2.24) is 9.55 Å². The Morgan fingerprint density at radius 2 is 1.32 bits per heavy atom. The lowest BCUT2D eigenvalue weighted by Crippen LogP contribution is -2.36. The van der Waals surface area contributed by atoms with Gasteiger partial charge in [-0.3, -0.25) is 23.2 Å². The first-order valence-corrected chi connectivity index (χ1v) is 28.3. The van der Waals surface area contributed by atoms with E-state index in [4.69, 9.17) is 29.0 Å². The maximum Gasteiger partial charge on any atom is 0.481 e. The van der Waals surface area contributed by atoms with Gasteiger partial charge in [-0.05, 0) is 83.1 Å². The van der Waals surface area contributed by atoms with Crippen LogP contribution in [0.4, 0.5) is 5.82 Å². The molecule has 3 unspecified atom stereocenters. The van der Waals surface area contributed by atoms with E-state index in [0.29, 0.717) is 38.5 Å². The summed E-state index contributed by atoms with van der Waals surface area (Å²) in [6.07, 6.45) is 39.6. The fourth-order valence-electron chi connectivity index (χ4n) is 6.80. The molecule has 8 atom stereocenters. The molecular weight excluding hydrogens is 985 g/mol. The van der Waals surface area contributed by atoms with Crippen molar-refractivity contribution in [3.8, 4) is 0 Å². The van der Waals surface area contributed by atoms with Gasteiger partial charge in [-0.25, -0.2) is 13.9 Å². The number of ether oxygens (including phenoxy) is 3. The van der Waals surface area contributed by atoms with E-state index in [1.54, 1.807) is 12.2 Å². The van der Waals surface area contributed by atoms with Gasteiger partial charge < -0.3 is 45.1 Å². The van der Waals surface area contributed by atoms with Gasteiger partial charge in [-0.15, -0.1) is 0 Å². The van der Waals surface area contributed by atoms with Crippen LogP contribution in [-0.2, 0) is 46.3 Å². The average Bonchev–Trinajstić information content (AvgIpc) is 3.62. The summed E-state index contributed by atoms with van der Waals surface area (Å²) in [6.45, 7) is 1.83. The number of unbranched alkanes of at least 4 members (excludes halogenated alkanes) is 8. The molecule has 0 saturated carbocycles. The number of aromatic nitrogens is 2. The van der Waals surface area contributed by atoms with E-state index in [1.807, 2.05) is 48.6 Å². The number of aliphatic hydroxyl groups excluding tert-OH is 3. The monoisotopic (exact) mass is 1070 g/mol. The Balaban J connectivity index is 1.87. The number of nitrogens with zero attached hydrogens (tertiary/aromatic N) is 2. The fraction of sp³-hybridized carbons (Fsp3) is 0.577. The second-order valence-corrected chi connectivity index (χ2v) is 20.2. The smallest absolute Gasteiger partial charge is 0.462 e. The third kappa shape index (κ3) is 31.9. The van der Waals surface area contributed by atoms with Crippen molar-refractivity contribution < 1.29 is 71.4 Å². The lowest BCUT2D eigenvalue weighted by molar-refractivity contribution is -0.161. The quantitative estimate of drug-likeness (QED) is 0.0117. The Kier molecular flexibility index (Phi) is 34.7. The Morgan fingerprint density at radius 1 is 0.740 bits per heavy atom. The molecule has 410 valence electrons. The maximum atomic E-state index is 12.8. The highest BCUT2D eigenvalue weighted by molar-refractivity contribution is 7.61. The number of carbonyl (C=O) groups excluding carboxylic acids is 2. The average molecular weight is 1070 g/mol. The van der Waals surface area contributed by atoms with E-state index in [0.717, 1.165) is 42.9 Å². The summed E-state index contributed by atoms with van der Waals surface area (Å²) < 4.78 is 56.6. The Morgan fingerprint density at radius 3 is 1.97 bits per heavy atom. The first kappa shape index (κ1) is 64.8. The van der Waals surface area contributed by atoms with Crippen LogP contribution in [-0.4, -0.2) is 96.9 Å². The van der Waals surface area contributed by atoms with Crippen LogP contribution in [0.15, 0.2) is 114 Å². The zero-order valence-corrected chi connectivity index (χ0v) is 44.3. The molecule has 19 nitrogen and oxygen atoms in total. The van der Waals surface area contributed by atoms with Crippen molar-refractivity contribution in [2.24, 2.45) is 0 Å². The van der Waals surface area contributed by atoms with Gasteiger partial charge in [0.2, 0.25) is 0 Å². The second-order valence-electron chi connectivity index (χ2n) is 17.1. The molecule has 0 bridgehead atoms. The van der Waals surface area contributed by atoms with Crippen molar-refractivity contribution in [3.63, 3.8) is 0 Å². The second kappa shape index (κ2) is 39.1. The number of hydrogen-bond donors (Lipinski definition) is 6. The van der Waals surface area contributed by atoms with E-state index in [9.17, 15) is 48.6 Å². The largest absolute Gasteiger partial charge is 0.481 e. The van der Waals surface area contributed by atoms with Crippen LogP contribution in [0.1, 0.15) is 142 Å². The summed E-state index contributed by atoms with van der Waals surface area (Å²) in [5.41, 5.74) is 4.57. The van der Waals surface area contributed by atoms with Gasteiger partial charge in [0.1, 0.15) is 30.7 Å². The SMILES string of the molecule is CC/C=C\C/C=C\CC(O)/C=C/C=C\C/C=C\CCCC(=O)O[C@H](COC(=O)CCC/C=C\C/C=C\C/C=C\CCCCCCCC)COP(=O)(O)OP(=O)(O)OC[C@H]1O[C@@H](n2ccc(N)nc2=O)[C@H](O)[C@@H]1O. The highest BCUT2D eigenvalue weighted by atomic mass is 31.3. The summed E-state index contributed by atoms with van der Waals surface area (Å²) in [4.78, 5) is 61.9. The first-order valence-electron chi connectivity index (χ1n) is 25.4. The van der Waals surface area contributed by atoms with Gasteiger partial charge >= 0.3 is 33.3 Å². The molecule has 2 rings (SSSR count). The zero-order chi connectivity index (χ0) is 53.6. The number of nitrogens with two attached hydrogens (primary N) is 1. The molecule has 0 aromatic carbocycles. The van der Waals surface area contributed by atoms with E-state index in [-0.39, 0.29) is 18.7 Å². The molecule has 1 aromatic rings. The minimum absolute atomic E-state index is 0.0251. The van der Waals surface area contributed by atoms with Crippen LogP contribution in [0.2, 0.25) is 0 Å². The highest BCUT2D eigenvalue weighted by Gasteiger charge is 2.46. The topological polar surface area (TPSA) is 286 Å². The van der Waals surface area contributed by atoms with Crippen molar-refractivity contribution in [1.29, 1.82) is 0 Å². The number of allylic oxidation sites excluding steroid dienone is 14. The van der Waals surface area contributed by atoms with Crippen LogP contribution in [0.25, 0.3) is 0 Å². The molecule has 1 aromatic heterocycles. The number of carbonyl (C=O) groups is 2. The molecule has 1 aliphatic heterocycles. The maximum absolute atomic E-state index is 12.8.